The molecule has 13 heteroatoms. The first kappa shape index (κ1) is 33.0. The first-order valence-electron chi connectivity index (χ1n) is 13.2. The predicted molar refractivity (Wildman–Crippen MR) is 143 cm³/mol. The number of aliphatic carboxylic acids is 2. The fourth-order valence-corrected chi connectivity index (χ4v) is 4.50. The van der Waals surface area contributed by atoms with E-state index in [1.54, 1.807) is 6.07 Å². The average Bonchev–Trinajstić information content (AvgIpc) is 2.91. The van der Waals surface area contributed by atoms with Crippen LogP contribution in [0.3, 0.4) is 0 Å². The zero-order valence-corrected chi connectivity index (χ0v) is 23.2. The molecule has 2 fully saturated rings. The van der Waals surface area contributed by atoms with E-state index in [-0.39, 0.29) is 5.97 Å². The van der Waals surface area contributed by atoms with Crippen LogP contribution in [0.1, 0.15) is 26.3 Å². The number of benzene rings is 1. The highest BCUT2D eigenvalue weighted by atomic mass is 19.4. The van der Waals surface area contributed by atoms with Gasteiger partial charge in [0.1, 0.15) is 5.54 Å². The third kappa shape index (κ3) is 10.4. The molecular formula is C27H39F3N4O6. The fraction of sp³-hybridized carbons (Fsp3) is 0.593. The molecule has 2 aliphatic heterocycles. The maximum absolute atomic E-state index is 13.0. The van der Waals surface area contributed by atoms with Gasteiger partial charge < -0.3 is 19.8 Å². The Bertz CT molecular complexity index is 1000. The van der Waals surface area contributed by atoms with Crippen LogP contribution in [0.15, 0.2) is 36.4 Å². The summed E-state index contributed by atoms with van der Waals surface area (Å²) < 4.78 is 44.2. The van der Waals surface area contributed by atoms with Crippen molar-refractivity contribution in [3.63, 3.8) is 0 Å². The molecule has 40 heavy (non-hydrogen) atoms. The number of carbonyl (C=O) groups is 3. The summed E-state index contributed by atoms with van der Waals surface area (Å²) in [4.78, 5) is 40.3. The molecule has 0 amide bonds. The van der Waals surface area contributed by atoms with Gasteiger partial charge in [0.2, 0.25) is 0 Å². The molecule has 0 radical (unpaired) electrons. The molecule has 2 N–H and O–H groups in total. The van der Waals surface area contributed by atoms with Crippen LogP contribution in [0.4, 0.5) is 18.9 Å². The van der Waals surface area contributed by atoms with E-state index in [1.165, 1.54) is 12.1 Å². The van der Waals surface area contributed by atoms with E-state index < -0.39 is 29.2 Å². The minimum atomic E-state index is -4.31. The minimum Gasteiger partial charge on any atom is -0.478 e. The topological polar surface area (TPSA) is 114 Å². The standard InChI is InChI=1S/C23H35F3N4O2.C4H4O4/c1-4-32-21(31)22(2,3)30-16-12-28(13-17-30)9-8-27-10-14-29(15-11-27)20-7-5-6-19(18-20)23(24,25)26;5-3(6)1-2-4(7)8/h5-7,18H,4,8-17H2,1-3H3;1-2H,(H,5,6)(H,7,8). The summed E-state index contributed by atoms with van der Waals surface area (Å²) >= 11 is 0. The van der Waals surface area contributed by atoms with E-state index in [2.05, 4.69) is 14.7 Å². The normalized spacial score (nSPS) is 17.8. The number of ether oxygens (including phenoxy) is 1. The second-order valence-corrected chi connectivity index (χ2v) is 9.99. The number of carbonyl (C=O) groups excluding carboxylic acids is 1. The predicted octanol–water partition coefficient (Wildman–Crippen LogP) is 2.50. The van der Waals surface area contributed by atoms with Gasteiger partial charge in [0, 0.05) is 83.3 Å². The van der Waals surface area contributed by atoms with E-state index in [9.17, 15) is 27.6 Å². The molecule has 0 saturated carbocycles. The first-order chi connectivity index (χ1) is 18.7. The summed E-state index contributed by atoms with van der Waals surface area (Å²) in [5.74, 6) is -2.69. The number of piperazine rings is 2. The minimum absolute atomic E-state index is 0.174. The number of carboxylic acids is 2. The lowest BCUT2D eigenvalue weighted by Crippen LogP contribution is -2.59. The number of esters is 1. The van der Waals surface area contributed by atoms with Crippen molar-refractivity contribution >= 4 is 23.6 Å². The van der Waals surface area contributed by atoms with Gasteiger partial charge in [-0.05, 0) is 39.0 Å². The van der Waals surface area contributed by atoms with Crippen molar-refractivity contribution in [2.45, 2.75) is 32.5 Å². The van der Waals surface area contributed by atoms with E-state index in [4.69, 9.17) is 14.9 Å². The van der Waals surface area contributed by atoms with Gasteiger partial charge in [-0.2, -0.15) is 13.2 Å². The summed E-state index contributed by atoms with van der Waals surface area (Å²) in [6.07, 6.45) is -3.20. The molecule has 0 unspecified atom stereocenters. The largest absolute Gasteiger partial charge is 0.478 e. The molecule has 2 saturated heterocycles. The second-order valence-electron chi connectivity index (χ2n) is 9.99. The smallest absolute Gasteiger partial charge is 0.416 e. The molecule has 3 rings (SSSR count). The zero-order valence-electron chi connectivity index (χ0n) is 23.2. The van der Waals surface area contributed by atoms with E-state index >= 15 is 0 Å². The highest BCUT2D eigenvalue weighted by Gasteiger charge is 2.37. The molecule has 224 valence electrons. The van der Waals surface area contributed by atoms with Crippen molar-refractivity contribution in [1.29, 1.82) is 0 Å². The lowest BCUT2D eigenvalue weighted by atomic mass is 10.0. The van der Waals surface area contributed by atoms with Crippen LogP contribution in [0.25, 0.3) is 0 Å². The summed E-state index contributed by atoms with van der Waals surface area (Å²) in [5, 5.41) is 15.6. The Balaban J connectivity index is 0.000000611. The number of rotatable bonds is 9. The zero-order chi connectivity index (χ0) is 29.9. The number of hydrogen-bond acceptors (Lipinski definition) is 8. The molecule has 0 aromatic heterocycles. The molecule has 2 aliphatic rings. The number of alkyl halides is 3. The van der Waals surface area contributed by atoms with Gasteiger partial charge in [0.15, 0.2) is 0 Å². The van der Waals surface area contributed by atoms with E-state index in [0.717, 1.165) is 71.5 Å². The Morgan fingerprint density at radius 1 is 0.875 bits per heavy atom. The molecule has 0 aliphatic carbocycles. The van der Waals surface area contributed by atoms with Crippen LogP contribution in [0.5, 0.6) is 0 Å². The van der Waals surface area contributed by atoms with Gasteiger partial charge >= 0.3 is 24.1 Å². The Labute approximate surface area is 232 Å². The van der Waals surface area contributed by atoms with Crippen molar-refractivity contribution in [3.05, 3.63) is 42.0 Å². The van der Waals surface area contributed by atoms with Gasteiger partial charge in [-0.3, -0.25) is 19.5 Å². The van der Waals surface area contributed by atoms with Crippen LogP contribution in [0.2, 0.25) is 0 Å². The van der Waals surface area contributed by atoms with Gasteiger partial charge in [-0.1, -0.05) is 6.07 Å². The Morgan fingerprint density at radius 3 is 1.82 bits per heavy atom. The molecule has 2 heterocycles. The number of halogens is 3. The van der Waals surface area contributed by atoms with Crippen LogP contribution >= 0.6 is 0 Å². The molecule has 1 aromatic carbocycles. The van der Waals surface area contributed by atoms with Gasteiger partial charge in [0.05, 0.1) is 12.2 Å². The third-order valence-corrected chi connectivity index (χ3v) is 6.95. The molecule has 0 spiro atoms. The van der Waals surface area contributed by atoms with Crippen LogP contribution < -0.4 is 4.90 Å². The maximum atomic E-state index is 13.0. The lowest BCUT2D eigenvalue weighted by molar-refractivity contribution is -0.157. The van der Waals surface area contributed by atoms with Crippen molar-refractivity contribution in [3.8, 4) is 0 Å². The SMILES string of the molecule is CCOC(=O)C(C)(C)N1CCN(CCN2CCN(c3cccc(C(F)(F)F)c3)CC2)CC1.O=C(O)C=CC(=O)O. The number of hydrogen-bond donors (Lipinski definition) is 2. The van der Waals surface area contributed by atoms with Gasteiger partial charge in [-0.15, -0.1) is 0 Å². The van der Waals surface area contributed by atoms with Crippen molar-refractivity contribution < 1.29 is 42.5 Å². The van der Waals surface area contributed by atoms with Crippen molar-refractivity contribution in [2.24, 2.45) is 0 Å². The van der Waals surface area contributed by atoms with Gasteiger partial charge in [0.25, 0.3) is 0 Å². The maximum Gasteiger partial charge on any atom is 0.416 e. The Morgan fingerprint density at radius 2 is 1.38 bits per heavy atom. The third-order valence-electron chi connectivity index (χ3n) is 6.95. The fourth-order valence-electron chi connectivity index (χ4n) is 4.50. The first-order valence-corrected chi connectivity index (χ1v) is 13.2. The van der Waals surface area contributed by atoms with Crippen LogP contribution in [0, 0.1) is 0 Å². The number of carboxylic acid groups (broad SMARTS) is 2. The van der Waals surface area contributed by atoms with E-state index in [0.29, 0.717) is 24.4 Å². The van der Waals surface area contributed by atoms with Crippen LogP contribution in [-0.4, -0.2) is 120 Å². The number of anilines is 1. The lowest BCUT2D eigenvalue weighted by Gasteiger charge is -2.43. The summed E-state index contributed by atoms with van der Waals surface area (Å²) in [6.45, 7) is 14.6. The molecule has 0 atom stereocenters. The summed E-state index contributed by atoms with van der Waals surface area (Å²) in [7, 11) is 0. The monoisotopic (exact) mass is 572 g/mol. The Kier molecular flexibility index (Phi) is 12.4. The van der Waals surface area contributed by atoms with Crippen molar-refractivity contribution in [1.82, 2.24) is 14.7 Å². The molecule has 1 aromatic rings. The highest BCUT2D eigenvalue weighted by molar-refractivity contribution is 5.89. The van der Waals surface area contributed by atoms with Gasteiger partial charge in [-0.25, -0.2) is 9.59 Å². The molecule has 10 nitrogen and oxygen atoms in total. The van der Waals surface area contributed by atoms with Crippen molar-refractivity contribution in [2.75, 3.05) is 77.0 Å². The summed E-state index contributed by atoms with van der Waals surface area (Å²) in [5.41, 5.74) is -0.565. The van der Waals surface area contributed by atoms with Crippen LogP contribution in [-0.2, 0) is 25.3 Å². The Hall–Kier alpha value is -3.16. The average molecular weight is 573 g/mol. The summed E-state index contributed by atoms with van der Waals surface area (Å²) in [6, 6.07) is 5.59. The molecular weight excluding hydrogens is 533 g/mol. The quantitative estimate of drug-likeness (QED) is 0.338. The van der Waals surface area contributed by atoms with E-state index in [1.807, 2.05) is 25.7 Å². The molecule has 0 bridgehead atoms. The highest BCUT2D eigenvalue weighted by Crippen LogP contribution is 2.31. The number of nitrogens with zero attached hydrogens (tertiary/aromatic N) is 4. The second kappa shape index (κ2) is 15.0.